The van der Waals surface area contributed by atoms with Crippen LogP contribution in [0.1, 0.15) is 19.3 Å². The zero-order valence-corrected chi connectivity index (χ0v) is 11.7. The first kappa shape index (κ1) is 13.1. The molecular weight excluding hydrogens is 252 g/mol. The molecule has 2 aromatic rings. The van der Waals surface area contributed by atoms with E-state index in [4.69, 9.17) is 10.5 Å². The maximum absolute atomic E-state index is 5.85. The van der Waals surface area contributed by atoms with Gasteiger partial charge in [0.05, 0.1) is 17.5 Å². The molecule has 1 unspecified atom stereocenters. The van der Waals surface area contributed by atoms with Gasteiger partial charge in [0, 0.05) is 6.04 Å². The van der Waals surface area contributed by atoms with Crippen molar-refractivity contribution in [1.82, 2.24) is 14.9 Å². The highest BCUT2D eigenvalue weighted by molar-refractivity contribution is 5.84. The SMILES string of the molecule is CN1CCCC1CCOc1nc(N)nc2ccccc12. The Hall–Kier alpha value is -1.88. The van der Waals surface area contributed by atoms with Gasteiger partial charge in [0.1, 0.15) is 0 Å². The second kappa shape index (κ2) is 5.63. The van der Waals surface area contributed by atoms with Gasteiger partial charge in [0.15, 0.2) is 0 Å². The Morgan fingerprint density at radius 2 is 2.20 bits per heavy atom. The number of benzene rings is 1. The van der Waals surface area contributed by atoms with Gasteiger partial charge in [0.2, 0.25) is 11.8 Å². The molecule has 2 heterocycles. The average molecular weight is 272 g/mol. The average Bonchev–Trinajstić information content (AvgIpc) is 2.84. The van der Waals surface area contributed by atoms with E-state index in [0.717, 1.165) is 17.3 Å². The zero-order chi connectivity index (χ0) is 13.9. The highest BCUT2D eigenvalue weighted by Crippen LogP contribution is 2.24. The van der Waals surface area contributed by atoms with E-state index < -0.39 is 0 Å². The molecule has 3 rings (SSSR count). The molecule has 5 heteroatoms. The largest absolute Gasteiger partial charge is 0.477 e. The van der Waals surface area contributed by atoms with Crippen molar-refractivity contribution in [3.8, 4) is 5.88 Å². The van der Waals surface area contributed by atoms with E-state index in [2.05, 4.69) is 21.9 Å². The molecule has 5 nitrogen and oxygen atoms in total. The Morgan fingerprint density at radius 3 is 3.00 bits per heavy atom. The standard InChI is InChI=1S/C15H20N4O/c1-19-9-4-5-11(19)8-10-20-14-12-6-2-3-7-13(12)17-15(16)18-14/h2-3,6-7,11H,4-5,8-10H2,1H3,(H2,16,17,18). The van der Waals surface area contributed by atoms with Crippen LogP contribution >= 0.6 is 0 Å². The molecule has 1 aromatic heterocycles. The van der Waals surface area contributed by atoms with E-state index in [-0.39, 0.29) is 5.95 Å². The first-order valence-electron chi connectivity index (χ1n) is 7.09. The number of nitrogen functional groups attached to an aromatic ring is 1. The molecule has 0 radical (unpaired) electrons. The van der Waals surface area contributed by atoms with Gasteiger partial charge in [-0.25, -0.2) is 4.98 Å². The second-order valence-electron chi connectivity index (χ2n) is 5.32. The Balaban J connectivity index is 1.71. The molecule has 0 amide bonds. The van der Waals surface area contributed by atoms with E-state index in [9.17, 15) is 0 Å². The summed E-state index contributed by atoms with van der Waals surface area (Å²) >= 11 is 0. The van der Waals surface area contributed by atoms with Crippen LogP contribution < -0.4 is 10.5 Å². The first-order chi connectivity index (χ1) is 9.74. The van der Waals surface area contributed by atoms with Crippen molar-refractivity contribution in [1.29, 1.82) is 0 Å². The molecule has 0 aliphatic carbocycles. The van der Waals surface area contributed by atoms with Gasteiger partial charge < -0.3 is 15.4 Å². The normalized spacial score (nSPS) is 19.6. The number of nitrogens with zero attached hydrogens (tertiary/aromatic N) is 3. The lowest BCUT2D eigenvalue weighted by Gasteiger charge is -2.19. The van der Waals surface area contributed by atoms with Crippen LogP contribution in [0, 0.1) is 0 Å². The topological polar surface area (TPSA) is 64.3 Å². The first-order valence-corrected chi connectivity index (χ1v) is 7.09. The number of para-hydroxylation sites is 1. The van der Waals surface area contributed by atoms with Crippen LogP contribution in [0.4, 0.5) is 5.95 Å². The minimum atomic E-state index is 0.261. The van der Waals surface area contributed by atoms with Crippen LogP contribution in [0.5, 0.6) is 5.88 Å². The van der Waals surface area contributed by atoms with Crippen LogP contribution in [0.2, 0.25) is 0 Å². The number of fused-ring (bicyclic) bond motifs is 1. The van der Waals surface area contributed by atoms with Crippen LogP contribution in [0.15, 0.2) is 24.3 Å². The number of hydrogen-bond donors (Lipinski definition) is 1. The van der Waals surface area contributed by atoms with Gasteiger partial charge in [0.25, 0.3) is 0 Å². The number of anilines is 1. The molecule has 20 heavy (non-hydrogen) atoms. The van der Waals surface area contributed by atoms with Crippen LogP contribution in [-0.4, -0.2) is 41.1 Å². The molecule has 1 saturated heterocycles. The van der Waals surface area contributed by atoms with Crippen LogP contribution in [0.25, 0.3) is 10.9 Å². The molecule has 2 N–H and O–H groups in total. The van der Waals surface area contributed by atoms with E-state index in [0.29, 0.717) is 18.5 Å². The lowest BCUT2D eigenvalue weighted by atomic mass is 10.1. The number of nitrogens with two attached hydrogens (primary N) is 1. The molecular formula is C15H20N4O. The minimum Gasteiger partial charge on any atom is -0.477 e. The van der Waals surface area contributed by atoms with Gasteiger partial charge in [-0.15, -0.1) is 0 Å². The highest BCUT2D eigenvalue weighted by atomic mass is 16.5. The maximum atomic E-state index is 5.85. The summed E-state index contributed by atoms with van der Waals surface area (Å²) in [6.07, 6.45) is 3.56. The molecule has 1 aromatic carbocycles. The smallest absolute Gasteiger partial charge is 0.226 e. The van der Waals surface area contributed by atoms with Gasteiger partial charge in [-0.3, -0.25) is 0 Å². The van der Waals surface area contributed by atoms with E-state index in [1.807, 2.05) is 24.3 Å². The second-order valence-corrected chi connectivity index (χ2v) is 5.32. The third-order valence-corrected chi connectivity index (χ3v) is 3.95. The minimum absolute atomic E-state index is 0.261. The number of rotatable bonds is 4. The summed E-state index contributed by atoms with van der Waals surface area (Å²) in [6, 6.07) is 8.41. The maximum Gasteiger partial charge on any atom is 0.226 e. The molecule has 106 valence electrons. The van der Waals surface area contributed by atoms with Gasteiger partial charge >= 0.3 is 0 Å². The van der Waals surface area contributed by atoms with E-state index >= 15 is 0 Å². The molecule has 1 atom stereocenters. The van der Waals surface area contributed by atoms with Crippen molar-refractivity contribution in [2.45, 2.75) is 25.3 Å². The van der Waals surface area contributed by atoms with E-state index in [1.165, 1.54) is 19.4 Å². The van der Waals surface area contributed by atoms with Crippen molar-refractivity contribution < 1.29 is 4.74 Å². The van der Waals surface area contributed by atoms with Crippen molar-refractivity contribution in [2.24, 2.45) is 0 Å². The van der Waals surface area contributed by atoms with Crippen LogP contribution in [-0.2, 0) is 0 Å². The Kier molecular flexibility index (Phi) is 3.69. The number of likely N-dealkylation sites (tertiary alicyclic amines) is 1. The predicted octanol–water partition coefficient (Wildman–Crippen LogP) is 2.08. The molecule has 0 bridgehead atoms. The lowest BCUT2D eigenvalue weighted by Crippen LogP contribution is -2.26. The van der Waals surface area contributed by atoms with Crippen LogP contribution in [0.3, 0.4) is 0 Å². The summed E-state index contributed by atoms with van der Waals surface area (Å²) < 4.78 is 5.85. The highest BCUT2D eigenvalue weighted by Gasteiger charge is 2.20. The summed E-state index contributed by atoms with van der Waals surface area (Å²) in [5.41, 5.74) is 6.56. The van der Waals surface area contributed by atoms with Crippen molar-refractivity contribution in [2.75, 3.05) is 25.9 Å². The molecule has 1 fully saturated rings. The zero-order valence-electron chi connectivity index (χ0n) is 11.7. The number of hydrogen-bond acceptors (Lipinski definition) is 5. The molecule has 0 saturated carbocycles. The fourth-order valence-corrected chi connectivity index (χ4v) is 2.81. The summed E-state index contributed by atoms with van der Waals surface area (Å²) in [6.45, 7) is 1.85. The molecule has 0 spiro atoms. The summed E-state index contributed by atoms with van der Waals surface area (Å²) in [4.78, 5) is 10.8. The predicted molar refractivity (Wildman–Crippen MR) is 79.7 cm³/mol. The fraction of sp³-hybridized carbons (Fsp3) is 0.467. The third-order valence-electron chi connectivity index (χ3n) is 3.95. The third kappa shape index (κ3) is 2.67. The number of ether oxygens (including phenoxy) is 1. The van der Waals surface area contributed by atoms with Crippen molar-refractivity contribution >= 4 is 16.9 Å². The molecule has 1 aliphatic rings. The Labute approximate surface area is 118 Å². The van der Waals surface area contributed by atoms with E-state index in [1.54, 1.807) is 0 Å². The molecule has 1 aliphatic heterocycles. The van der Waals surface area contributed by atoms with Gasteiger partial charge in [-0.05, 0) is 45.0 Å². The monoisotopic (exact) mass is 272 g/mol. The van der Waals surface area contributed by atoms with Gasteiger partial charge in [-0.1, -0.05) is 12.1 Å². The lowest BCUT2D eigenvalue weighted by molar-refractivity contribution is 0.230. The quantitative estimate of drug-likeness (QED) is 0.923. The number of aromatic nitrogens is 2. The summed E-state index contributed by atoms with van der Waals surface area (Å²) in [5, 5.41) is 0.918. The summed E-state index contributed by atoms with van der Waals surface area (Å²) in [7, 11) is 2.18. The Bertz CT molecular complexity index is 601. The van der Waals surface area contributed by atoms with Crippen molar-refractivity contribution in [3.05, 3.63) is 24.3 Å². The summed E-state index contributed by atoms with van der Waals surface area (Å²) in [5.74, 6) is 0.852. The fourth-order valence-electron chi connectivity index (χ4n) is 2.81. The Morgan fingerprint density at radius 1 is 1.35 bits per heavy atom. The van der Waals surface area contributed by atoms with Gasteiger partial charge in [-0.2, -0.15) is 4.98 Å². The van der Waals surface area contributed by atoms with Crippen molar-refractivity contribution in [3.63, 3.8) is 0 Å².